The van der Waals surface area contributed by atoms with Crippen LogP contribution in [0.4, 0.5) is 5.82 Å². The molecule has 4 heteroatoms. The zero-order chi connectivity index (χ0) is 13.7. The van der Waals surface area contributed by atoms with E-state index in [4.69, 9.17) is 5.73 Å². The Morgan fingerprint density at radius 1 is 1.16 bits per heavy atom. The SMILES string of the molecule is CCN(Cc1ccc(N)nc1)Cc1cccc(C)n1. The Morgan fingerprint density at radius 2 is 2.00 bits per heavy atom. The van der Waals surface area contributed by atoms with Gasteiger partial charge in [0.2, 0.25) is 0 Å². The van der Waals surface area contributed by atoms with Gasteiger partial charge in [0, 0.05) is 25.0 Å². The monoisotopic (exact) mass is 256 g/mol. The highest BCUT2D eigenvalue weighted by molar-refractivity contribution is 5.29. The minimum atomic E-state index is 0.562. The second-order valence-electron chi connectivity index (χ2n) is 4.66. The first-order valence-corrected chi connectivity index (χ1v) is 6.52. The van der Waals surface area contributed by atoms with Gasteiger partial charge in [-0.1, -0.05) is 19.1 Å². The van der Waals surface area contributed by atoms with Crippen LogP contribution in [0.3, 0.4) is 0 Å². The average Bonchev–Trinajstić information content (AvgIpc) is 2.40. The molecule has 0 bridgehead atoms. The second kappa shape index (κ2) is 6.29. The first kappa shape index (κ1) is 13.5. The van der Waals surface area contributed by atoms with Gasteiger partial charge in [-0.05, 0) is 37.2 Å². The maximum Gasteiger partial charge on any atom is 0.123 e. The molecule has 0 aliphatic heterocycles. The molecule has 2 heterocycles. The summed E-state index contributed by atoms with van der Waals surface area (Å²) in [5.74, 6) is 0.562. The van der Waals surface area contributed by atoms with Crippen molar-refractivity contribution in [1.82, 2.24) is 14.9 Å². The van der Waals surface area contributed by atoms with Crippen molar-refractivity contribution in [1.29, 1.82) is 0 Å². The normalized spacial score (nSPS) is 10.9. The van der Waals surface area contributed by atoms with Crippen LogP contribution in [-0.4, -0.2) is 21.4 Å². The molecule has 0 radical (unpaired) electrons. The lowest BCUT2D eigenvalue weighted by atomic mass is 10.2. The van der Waals surface area contributed by atoms with E-state index in [1.807, 2.05) is 31.3 Å². The Kier molecular flexibility index (Phi) is 4.47. The van der Waals surface area contributed by atoms with Gasteiger partial charge < -0.3 is 5.73 Å². The molecule has 0 spiro atoms. The number of rotatable bonds is 5. The summed E-state index contributed by atoms with van der Waals surface area (Å²) in [5.41, 5.74) is 8.93. The van der Waals surface area contributed by atoms with E-state index < -0.39 is 0 Å². The lowest BCUT2D eigenvalue weighted by molar-refractivity contribution is 0.267. The van der Waals surface area contributed by atoms with Crippen LogP contribution in [0.25, 0.3) is 0 Å². The minimum Gasteiger partial charge on any atom is -0.384 e. The van der Waals surface area contributed by atoms with Gasteiger partial charge in [0.1, 0.15) is 5.82 Å². The van der Waals surface area contributed by atoms with Gasteiger partial charge in [0.05, 0.1) is 5.69 Å². The molecule has 0 fully saturated rings. The molecule has 0 saturated carbocycles. The van der Waals surface area contributed by atoms with E-state index in [-0.39, 0.29) is 0 Å². The first-order chi connectivity index (χ1) is 9.17. The lowest BCUT2D eigenvalue weighted by Crippen LogP contribution is -2.23. The summed E-state index contributed by atoms with van der Waals surface area (Å²) in [7, 11) is 0. The zero-order valence-electron chi connectivity index (χ0n) is 11.5. The maximum absolute atomic E-state index is 5.60. The Bertz CT molecular complexity index is 522. The molecule has 0 aliphatic carbocycles. The summed E-state index contributed by atoms with van der Waals surface area (Å²) < 4.78 is 0. The molecular weight excluding hydrogens is 236 g/mol. The Balaban J connectivity index is 2.02. The van der Waals surface area contributed by atoms with Crippen molar-refractivity contribution in [2.24, 2.45) is 0 Å². The molecular formula is C15H20N4. The molecule has 0 atom stereocenters. The Labute approximate surface area is 114 Å². The van der Waals surface area contributed by atoms with E-state index in [0.29, 0.717) is 5.82 Å². The predicted molar refractivity (Wildman–Crippen MR) is 77.4 cm³/mol. The van der Waals surface area contributed by atoms with E-state index in [2.05, 4.69) is 33.9 Å². The molecule has 0 amide bonds. The van der Waals surface area contributed by atoms with Crippen LogP contribution < -0.4 is 5.73 Å². The van der Waals surface area contributed by atoms with Crippen molar-refractivity contribution >= 4 is 5.82 Å². The fourth-order valence-electron chi connectivity index (χ4n) is 1.98. The van der Waals surface area contributed by atoms with E-state index in [9.17, 15) is 0 Å². The highest BCUT2D eigenvalue weighted by Gasteiger charge is 2.06. The standard InChI is InChI=1S/C15H20N4/c1-3-19(10-13-7-8-15(16)17-9-13)11-14-6-4-5-12(2)18-14/h4-9H,3,10-11H2,1-2H3,(H2,16,17). The quantitative estimate of drug-likeness (QED) is 0.892. The number of pyridine rings is 2. The van der Waals surface area contributed by atoms with Gasteiger partial charge in [-0.25, -0.2) is 4.98 Å². The third-order valence-electron chi connectivity index (χ3n) is 3.03. The lowest BCUT2D eigenvalue weighted by Gasteiger charge is -2.20. The molecule has 2 N–H and O–H groups in total. The number of anilines is 1. The van der Waals surface area contributed by atoms with Crippen molar-refractivity contribution in [3.63, 3.8) is 0 Å². The molecule has 0 aliphatic rings. The number of hydrogen-bond donors (Lipinski definition) is 1. The summed E-state index contributed by atoms with van der Waals surface area (Å²) >= 11 is 0. The maximum atomic E-state index is 5.60. The van der Waals surface area contributed by atoms with Gasteiger partial charge in [-0.15, -0.1) is 0 Å². The fraction of sp³-hybridized carbons (Fsp3) is 0.333. The molecule has 2 rings (SSSR count). The van der Waals surface area contributed by atoms with Crippen LogP contribution in [0, 0.1) is 6.92 Å². The first-order valence-electron chi connectivity index (χ1n) is 6.52. The third kappa shape index (κ3) is 4.03. The Morgan fingerprint density at radius 3 is 2.63 bits per heavy atom. The molecule has 2 aromatic heterocycles. The number of aryl methyl sites for hydroxylation is 1. The van der Waals surface area contributed by atoms with Gasteiger partial charge in [-0.3, -0.25) is 9.88 Å². The van der Waals surface area contributed by atoms with Gasteiger partial charge in [0.15, 0.2) is 0 Å². The van der Waals surface area contributed by atoms with Crippen LogP contribution in [-0.2, 0) is 13.1 Å². The highest BCUT2D eigenvalue weighted by Crippen LogP contribution is 2.09. The van der Waals surface area contributed by atoms with Crippen molar-refractivity contribution < 1.29 is 0 Å². The van der Waals surface area contributed by atoms with Crippen molar-refractivity contribution in [3.8, 4) is 0 Å². The minimum absolute atomic E-state index is 0.562. The summed E-state index contributed by atoms with van der Waals surface area (Å²) in [6.45, 7) is 6.85. The smallest absolute Gasteiger partial charge is 0.123 e. The number of aromatic nitrogens is 2. The van der Waals surface area contributed by atoms with Crippen molar-refractivity contribution in [2.75, 3.05) is 12.3 Å². The topological polar surface area (TPSA) is 55.0 Å². The summed E-state index contributed by atoms with van der Waals surface area (Å²) in [6.07, 6.45) is 1.83. The van der Waals surface area contributed by atoms with Crippen LogP contribution >= 0.6 is 0 Å². The van der Waals surface area contributed by atoms with Crippen molar-refractivity contribution in [3.05, 3.63) is 53.5 Å². The van der Waals surface area contributed by atoms with E-state index in [1.165, 1.54) is 5.56 Å². The predicted octanol–water partition coefficient (Wildman–Crippen LogP) is 2.39. The number of hydrogen-bond acceptors (Lipinski definition) is 4. The molecule has 0 unspecified atom stereocenters. The molecule has 0 saturated heterocycles. The van der Waals surface area contributed by atoms with E-state index >= 15 is 0 Å². The molecule has 4 nitrogen and oxygen atoms in total. The van der Waals surface area contributed by atoms with E-state index in [0.717, 1.165) is 31.0 Å². The van der Waals surface area contributed by atoms with E-state index in [1.54, 1.807) is 0 Å². The highest BCUT2D eigenvalue weighted by atomic mass is 15.1. The van der Waals surface area contributed by atoms with Gasteiger partial charge in [-0.2, -0.15) is 0 Å². The van der Waals surface area contributed by atoms with Crippen LogP contribution in [0.5, 0.6) is 0 Å². The van der Waals surface area contributed by atoms with Crippen LogP contribution in [0.15, 0.2) is 36.5 Å². The Hall–Kier alpha value is -1.94. The summed E-state index contributed by atoms with van der Waals surface area (Å²) in [4.78, 5) is 11.0. The number of nitrogens with two attached hydrogens (primary N) is 1. The summed E-state index contributed by atoms with van der Waals surface area (Å²) in [5, 5.41) is 0. The largest absolute Gasteiger partial charge is 0.384 e. The van der Waals surface area contributed by atoms with Gasteiger partial charge >= 0.3 is 0 Å². The van der Waals surface area contributed by atoms with Crippen LogP contribution in [0.1, 0.15) is 23.9 Å². The molecule has 0 aromatic carbocycles. The zero-order valence-corrected chi connectivity index (χ0v) is 11.5. The number of nitrogen functional groups attached to an aromatic ring is 1. The fourth-order valence-corrected chi connectivity index (χ4v) is 1.98. The number of nitrogens with zero attached hydrogens (tertiary/aromatic N) is 3. The summed E-state index contributed by atoms with van der Waals surface area (Å²) in [6, 6.07) is 10.00. The molecule has 19 heavy (non-hydrogen) atoms. The van der Waals surface area contributed by atoms with Gasteiger partial charge in [0.25, 0.3) is 0 Å². The van der Waals surface area contributed by atoms with Crippen molar-refractivity contribution in [2.45, 2.75) is 26.9 Å². The average molecular weight is 256 g/mol. The second-order valence-corrected chi connectivity index (χ2v) is 4.66. The third-order valence-corrected chi connectivity index (χ3v) is 3.03. The van der Waals surface area contributed by atoms with Crippen LogP contribution in [0.2, 0.25) is 0 Å². The molecule has 100 valence electrons. The molecule has 2 aromatic rings.